The zero-order valence-corrected chi connectivity index (χ0v) is 8.96. The molecule has 0 radical (unpaired) electrons. The van der Waals surface area contributed by atoms with Gasteiger partial charge < -0.3 is 4.74 Å². The minimum Gasteiger partial charge on any atom is -0.457 e. The van der Waals surface area contributed by atoms with E-state index in [-0.39, 0.29) is 17.3 Å². The van der Waals surface area contributed by atoms with Crippen molar-refractivity contribution in [3.63, 3.8) is 0 Å². The van der Waals surface area contributed by atoms with Gasteiger partial charge in [0.2, 0.25) is 0 Å². The maximum atomic E-state index is 11.1. The van der Waals surface area contributed by atoms with Crippen molar-refractivity contribution in [2.75, 3.05) is 0 Å². The molecule has 0 amide bonds. The second kappa shape index (κ2) is 3.83. The van der Waals surface area contributed by atoms with Gasteiger partial charge in [-0.2, -0.15) is 12.6 Å². The highest BCUT2D eigenvalue weighted by atomic mass is 35.5. The van der Waals surface area contributed by atoms with Gasteiger partial charge in [0, 0.05) is 17.0 Å². The zero-order chi connectivity index (χ0) is 10.1. The Labute approximate surface area is 92.6 Å². The number of hydrogen-bond donors (Lipinski definition) is 1. The van der Waals surface area contributed by atoms with Crippen molar-refractivity contribution < 1.29 is 9.53 Å². The lowest BCUT2D eigenvalue weighted by molar-refractivity contribution is -0.141. The molecule has 1 heterocycles. The Morgan fingerprint density at radius 1 is 1.43 bits per heavy atom. The van der Waals surface area contributed by atoms with Crippen molar-refractivity contribution in [2.24, 2.45) is 0 Å². The van der Waals surface area contributed by atoms with Crippen LogP contribution >= 0.6 is 24.2 Å². The van der Waals surface area contributed by atoms with E-state index in [1.807, 2.05) is 18.2 Å². The van der Waals surface area contributed by atoms with Gasteiger partial charge in [0.25, 0.3) is 0 Å². The van der Waals surface area contributed by atoms with Crippen LogP contribution < -0.4 is 0 Å². The van der Waals surface area contributed by atoms with E-state index in [0.717, 1.165) is 5.56 Å². The summed E-state index contributed by atoms with van der Waals surface area (Å²) in [5.41, 5.74) is 0.860. The van der Waals surface area contributed by atoms with Crippen LogP contribution in [-0.4, -0.2) is 11.2 Å². The fourth-order valence-electron chi connectivity index (χ4n) is 1.49. The van der Waals surface area contributed by atoms with Gasteiger partial charge in [-0.25, -0.2) is 0 Å². The molecule has 2 rings (SSSR count). The minimum absolute atomic E-state index is 0.237. The van der Waals surface area contributed by atoms with Crippen molar-refractivity contribution in [2.45, 2.75) is 17.8 Å². The highest BCUT2D eigenvalue weighted by molar-refractivity contribution is 7.81. The van der Waals surface area contributed by atoms with E-state index in [2.05, 4.69) is 12.6 Å². The molecule has 4 heteroatoms. The number of carbonyl (C=O) groups excluding carboxylic acids is 1. The molecule has 2 nitrogen and oxygen atoms in total. The number of esters is 1. The standard InChI is InChI=1S/C10H9ClO2S/c11-7-4-2-1-3-6(7)8-5-9(14)10(12)13-8/h1-4,8-9,14H,5H2. The molecule has 1 fully saturated rings. The van der Waals surface area contributed by atoms with Gasteiger partial charge in [-0.05, 0) is 6.07 Å². The summed E-state index contributed by atoms with van der Waals surface area (Å²) >= 11 is 10.1. The predicted molar refractivity (Wildman–Crippen MR) is 57.7 cm³/mol. The second-order valence-corrected chi connectivity index (χ2v) is 4.23. The van der Waals surface area contributed by atoms with Crippen LogP contribution in [0.4, 0.5) is 0 Å². The maximum absolute atomic E-state index is 11.1. The van der Waals surface area contributed by atoms with E-state index in [0.29, 0.717) is 11.4 Å². The molecule has 14 heavy (non-hydrogen) atoms. The van der Waals surface area contributed by atoms with E-state index < -0.39 is 0 Å². The maximum Gasteiger partial charge on any atom is 0.319 e. The van der Waals surface area contributed by atoms with Crippen LogP contribution in [0.3, 0.4) is 0 Å². The first-order valence-corrected chi connectivity index (χ1v) is 5.21. The number of halogens is 1. The Kier molecular flexibility index (Phi) is 2.70. The lowest BCUT2D eigenvalue weighted by Crippen LogP contribution is -2.05. The third-order valence-electron chi connectivity index (χ3n) is 2.22. The van der Waals surface area contributed by atoms with Gasteiger partial charge in [-0.1, -0.05) is 29.8 Å². The SMILES string of the molecule is O=C1OC(c2ccccc2Cl)CC1S. The smallest absolute Gasteiger partial charge is 0.319 e. The Morgan fingerprint density at radius 3 is 2.71 bits per heavy atom. The van der Waals surface area contributed by atoms with Gasteiger partial charge in [0.15, 0.2) is 0 Å². The molecular formula is C10H9ClO2S. The first-order valence-electron chi connectivity index (χ1n) is 4.31. The van der Waals surface area contributed by atoms with Gasteiger partial charge in [0.1, 0.15) is 11.4 Å². The van der Waals surface area contributed by atoms with E-state index in [1.54, 1.807) is 6.07 Å². The Bertz CT molecular complexity index is 367. The minimum atomic E-state index is -0.323. The third kappa shape index (κ3) is 1.74. The molecule has 0 spiro atoms. The molecule has 0 aromatic heterocycles. The number of ether oxygens (including phenoxy) is 1. The van der Waals surface area contributed by atoms with Gasteiger partial charge >= 0.3 is 5.97 Å². The molecule has 0 aliphatic carbocycles. The van der Waals surface area contributed by atoms with Crippen LogP contribution in [0.25, 0.3) is 0 Å². The summed E-state index contributed by atoms with van der Waals surface area (Å²) in [6.45, 7) is 0. The van der Waals surface area contributed by atoms with Crippen molar-refractivity contribution in [3.05, 3.63) is 34.9 Å². The molecule has 1 aromatic rings. The summed E-state index contributed by atoms with van der Waals surface area (Å²) in [6, 6.07) is 7.38. The van der Waals surface area contributed by atoms with Crippen LogP contribution in [0.1, 0.15) is 18.1 Å². The number of rotatable bonds is 1. The monoisotopic (exact) mass is 228 g/mol. The quantitative estimate of drug-likeness (QED) is 0.591. The number of thiol groups is 1. The summed E-state index contributed by atoms with van der Waals surface area (Å²) in [4.78, 5) is 11.1. The first-order chi connectivity index (χ1) is 6.68. The summed E-state index contributed by atoms with van der Waals surface area (Å²) in [6.07, 6.45) is 0.352. The van der Waals surface area contributed by atoms with Crippen molar-refractivity contribution >= 4 is 30.2 Å². The predicted octanol–water partition coefficient (Wildman–Crippen LogP) is 2.63. The van der Waals surface area contributed by atoms with Crippen molar-refractivity contribution in [1.29, 1.82) is 0 Å². The molecule has 2 unspecified atom stereocenters. The third-order valence-corrected chi connectivity index (χ3v) is 2.99. The highest BCUT2D eigenvalue weighted by Gasteiger charge is 2.33. The largest absolute Gasteiger partial charge is 0.457 e. The van der Waals surface area contributed by atoms with Crippen LogP contribution in [0.5, 0.6) is 0 Å². The molecule has 1 aliphatic heterocycles. The summed E-state index contributed by atoms with van der Waals surface area (Å²) < 4.78 is 5.14. The molecule has 1 aromatic carbocycles. The number of benzene rings is 1. The van der Waals surface area contributed by atoms with Crippen LogP contribution in [0, 0.1) is 0 Å². The fraction of sp³-hybridized carbons (Fsp3) is 0.300. The lowest BCUT2D eigenvalue weighted by atomic mass is 10.1. The molecule has 1 aliphatic rings. The summed E-state index contributed by atoms with van der Waals surface area (Å²) in [7, 11) is 0. The molecule has 1 saturated heterocycles. The van der Waals surface area contributed by atoms with Crippen LogP contribution in [0.15, 0.2) is 24.3 Å². The van der Waals surface area contributed by atoms with Crippen molar-refractivity contribution in [3.8, 4) is 0 Å². The van der Waals surface area contributed by atoms with E-state index in [4.69, 9.17) is 16.3 Å². The van der Waals surface area contributed by atoms with Gasteiger partial charge in [0.05, 0.1) is 0 Å². The molecule has 0 saturated carbocycles. The number of carbonyl (C=O) groups is 1. The Morgan fingerprint density at radius 2 is 2.14 bits per heavy atom. The number of cyclic esters (lactones) is 1. The molecule has 74 valence electrons. The summed E-state index contributed by atoms with van der Waals surface area (Å²) in [5.74, 6) is -0.266. The average Bonchev–Trinajstić information content (AvgIpc) is 2.48. The summed E-state index contributed by atoms with van der Waals surface area (Å²) in [5, 5.41) is 0.309. The van der Waals surface area contributed by atoms with E-state index >= 15 is 0 Å². The van der Waals surface area contributed by atoms with E-state index in [9.17, 15) is 4.79 Å². The van der Waals surface area contributed by atoms with Crippen molar-refractivity contribution in [1.82, 2.24) is 0 Å². The number of hydrogen-bond acceptors (Lipinski definition) is 3. The van der Waals surface area contributed by atoms with Gasteiger partial charge in [-0.3, -0.25) is 4.79 Å². The molecular weight excluding hydrogens is 220 g/mol. The highest BCUT2D eigenvalue weighted by Crippen LogP contribution is 2.35. The lowest BCUT2D eigenvalue weighted by Gasteiger charge is -2.10. The normalized spacial score (nSPS) is 26.3. The first kappa shape index (κ1) is 9.87. The molecule has 0 N–H and O–H groups in total. The van der Waals surface area contributed by atoms with Crippen LogP contribution in [-0.2, 0) is 9.53 Å². The fourth-order valence-corrected chi connectivity index (χ4v) is 2.00. The molecule has 0 bridgehead atoms. The Hall–Kier alpha value is -0.670. The Balaban J connectivity index is 2.25. The van der Waals surface area contributed by atoms with Gasteiger partial charge in [-0.15, -0.1) is 0 Å². The molecule has 2 atom stereocenters. The second-order valence-electron chi connectivity index (χ2n) is 3.20. The topological polar surface area (TPSA) is 26.3 Å². The van der Waals surface area contributed by atoms with E-state index in [1.165, 1.54) is 0 Å². The average molecular weight is 229 g/mol. The zero-order valence-electron chi connectivity index (χ0n) is 7.31. The van der Waals surface area contributed by atoms with Crippen LogP contribution in [0.2, 0.25) is 5.02 Å².